The van der Waals surface area contributed by atoms with Crippen LogP contribution in [0.5, 0.6) is 0 Å². The van der Waals surface area contributed by atoms with Crippen molar-refractivity contribution in [1.29, 1.82) is 0 Å². The van der Waals surface area contributed by atoms with Gasteiger partial charge in [-0.05, 0) is 42.8 Å². The molecule has 1 heterocycles. The van der Waals surface area contributed by atoms with Gasteiger partial charge in [0.25, 0.3) is 0 Å². The number of benzene rings is 1. The summed E-state index contributed by atoms with van der Waals surface area (Å²) in [4.78, 5) is 11.1. The quantitative estimate of drug-likeness (QED) is 0.763. The predicted octanol–water partition coefficient (Wildman–Crippen LogP) is 1.82. The molecule has 0 aliphatic heterocycles. The Morgan fingerprint density at radius 2 is 1.77 bits per heavy atom. The Morgan fingerprint density at radius 1 is 1.14 bits per heavy atom. The molecule has 0 fully saturated rings. The van der Waals surface area contributed by atoms with E-state index < -0.39 is 10.0 Å². The maximum atomic E-state index is 12.1. The largest absolute Gasteiger partial charge is 0.354 e. The maximum Gasteiger partial charge on any atom is 0.240 e. The fourth-order valence-electron chi connectivity index (χ4n) is 1.99. The molecule has 2 rings (SSSR count). The first-order valence-corrected chi connectivity index (χ1v) is 8.44. The van der Waals surface area contributed by atoms with Crippen molar-refractivity contribution in [2.24, 2.45) is 0 Å². The molecule has 0 radical (unpaired) electrons. The highest BCUT2D eigenvalue weighted by Gasteiger charge is 2.13. The lowest BCUT2D eigenvalue weighted by Gasteiger charge is -2.08. The average Bonchev–Trinajstić information content (AvgIpc) is 2.97. The summed E-state index contributed by atoms with van der Waals surface area (Å²) < 4.78 is 28.8. The molecule has 0 saturated carbocycles. The summed E-state index contributed by atoms with van der Waals surface area (Å²) in [6, 6.07) is 9.94. The van der Waals surface area contributed by atoms with E-state index in [1.807, 2.05) is 29.1 Å². The Bertz CT molecular complexity index is 707. The van der Waals surface area contributed by atoms with Crippen LogP contribution in [0.25, 0.3) is 0 Å². The first-order valence-electron chi connectivity index (χ1n) is 6.95. The van der Waals surface area contributed by atoms with Gasteiger partial charge < -0.3 is 9.88 Å². The smallest absolute Gasteiger partial charge is 0.240 e. The molecule has 118 valence electrons. The minimum Gasteiger partial charge on any atom is -0.354 e. The summed E-state index contributed by atoms with van der Waals surface area (Å²) >= 11 is 0. The lowest BCUT2D eigenvalue weighted by Crippen LogP contribution is -2.25. The van der Waals surface area contributed by atoms with Gasteiger partial charge in [0.1, 0.15) is 0 Å². The van der Waals surface area contributed by atoms with Gasteiger partial charge in [0.2, 0.25) is 15.9 Å². The highest BCUT2D eigenvalue weighted by Crippen LogP contribution is 2.13. The number of rotatable bonds is 7. The highest BCUT2D eigenvalue weighted by molar-refractivity contribution is 7.89. The van der Waals surface area contributed by atoms with Crippen LogP contribution in [0.1, 0.15) is 13.3 Å². The van der Waals surface area contributed by atoms with Crippen LogP contribution in [0.2, 0.25) is 0 Å². The number of hydrogen-bond acceptors (Lipinski definition) is 3. The molecule has 22 heavy (non-hydrogen) atoms. The minimum absolute atomic E-state index is 0.183. The summed E-state index contributed by atoms with van der Waals surface area (Å²) in [5.74, 6) is -0.196. The number of nitrogens with zero attached hydrogens (tertiary/aromatic N) is 1. The number of carbonyl (C=O) groups is 1. The predicted molar refractivity (Wildman–Crippen MR) is 85.0 cm³/mol. The fraction of sp³-hybridized carbons (Fsp3) is 0.267. The van der Waals surface area contributed by atoms with Crippen molar-refractivity contribution >= 4 is 21.6 Å². The second-order valence-corrected chi connectivity index (χ2v) is 6.64. The van der Waals surface area contributed by atoms with Gasteiger partial charge in [-0.25, -0.2) is 13.1 Å². The van der Waals surface area contributed by atoms with E-state index >= 15 is 0 Å². The third-order valence-electron chi connectivity index (χ3n) is 3.04. The lowest BCUT2D eigenvalue weighted by atomic mass is 10.3. The number of carbonyl (C=O) groups excluding carboxylic acids is 1. The van der Waals surface area contributed by atoms with E-state index in [4.69, 9.17) is 0 Å². The monoisotopic (exact) mass is 321 g/mol. The average molecular weight is 321 g/mol. The zero-order valence-electron chi connectivity index (χ0n) is 12.3. The molecule has 0 bridgehead atoms. The van der Waals surface area contributed by atoms with Crippen LogP contribution < -0.4 is 10.0 Å². The van der Waals surface area contributed by atoms with Gasteiger partial charge >= 0.3 is 0 Å². The van der Waals surface area contributed by atoms with Crippen molar-refractivity contribution in [1.82, 2.24) is 9.29 Å². The highest BCUT2D eigenvalue weighted by atomic mass is 32.2. The number of anilines is 1. The van der Waals surface area contributed by atoms with Crippen LogP contribution in [0, 0.1) is 0 Å². The molecular formula is C15H19N3O3S. The second-order valence-electron chi connectivity index (χ2n) is 4.88. The molecule has 0 atom stereocenters. The lowest BCUT2D eigenvalue weighted by molar-refractivity contribution is -0.114. The SMILES string of the molecule is CC(=O)Nc1ccc(S(=O)(=O)NCCCn2cccc2)cc1. The first-order chi connectivity index (χ1) is 10.5. The molecule has 2 N–H and O–H groups in total. The van der Waals surface area contributed by atoms with Crippen molar-refractivity contribution in [3.05, 3.63) is 48.8 Å². The van der Waals surface area contributed by atoms with Gasteiger partial charge in [0.15, 0.2) is 0 Å². The van der Waals surface area contributed by atoms with Crippen LogP contribution in [0.3, 0.4) is 0 Å². The number of hydrogen-bond donors (Lipinski definition) is 2. The Morgan fingerprint density at radius 3 is 2.36 bits per heavy atom. The topological polar surface area (TPSA) is 80.2 Å². The number of aryl methyl sites for hydroxylation is 1. The third-order valence-corrected chi connectivity index (χ3v) is 4.51. The van der Waals surface area contributed by atoms with E-state index in [1.165, 1.54) is 19.1 Å². The third kappa shape index (κ3) is 4.71. The van der Waals surface area contributed by atoms with E-state index in [9.17, 15) is 13.2 Å². The summed E-state index contributed by atoms with van der Waals surface area (Å²) in [6.07, 6.45) is 4.59. The minimum atomic E-state index is -3.52. The molecule has 0 unspecified atom stereocenters. The number of amides is 1. The van der Waals surface area contributed by atoms with Crippen LogP contribution in [0.15, 0.2) is 53.7 Å². The van der Waals surface area contributed by atoms with Gasteiger partial charge in [-0.3, -0.25) is 4.79 Å². The van der Waals surface area contributed by atoms with E-state index in [-0.39, 0.29) is 10.8 Å². The molecule has 0 aliphatic carbocycles. The van der Waals surface area contributed by atoms with E-state index in [0.717, 1.165) is 6.54 Å². The van der Waals surface area contributed by atoms with Crippen LogP contribution in [0.4, 0.5) is 5.69 Å². The molecule has 2 aromatic rings. The van der Waals surface area contributed by atoms with Crippen molar-refractivity contribution in [2.45, 2.75) is 24.8 Å². The first kappa shape index (κ1) is 16.3. The Hall–Kier alpha value is -2.12. The van der Waals surface area contributed by atoms with Crippen molar-refractivity contribution in [2.75, 3.05) is 11.9 Å². The molecule has 6 nitrogen and oxygen atoms in total. The standard InChI is InChI=1S/C15H19N3O3S/c1-13(19)17-14-5-7-15(8-6-14)22(20,21)16-9-4-12-18-10-2-3-11-18/h2-3,5-8,10-11,16H,4,9,12H2,1H3,(H,17,19). The molecule has 1 aromatic heterocycles. The van der Waals surface area contributed by atoms with Gasteiger partial charge in [0.05, 0.1) is 4.90 Å². The van der Waals surface area contributed by atoms with Gasteiger partial charge in [-0.1, -0.05) is 0 Å². The number of nitrogens with one attached hydrogen (secondary N) is 2. The van der Waals surface area contributed by atoms with E-state index in [0.29, 0.717) is 18.7 Å². The second kappa shape index (κ2) is 7.24. The van der Waals surface area contributed by atoms with Crippen molar-refractivity contribution in [3.63, 3.8) is 0 Å². The molecule has 0 aliphatic rings. The molecular weight excluding hydrogens is 302 g/mol. The summed E-state index contributed by atoms with van der Waals surface area (Å²) in [5.41, 5.74) is 0.569. The summed E-state index contributed by atoms with van der Waals surface area (Å²) in [5, 5.41) is 2.59. The van der Waals surface area contributed by atoms with Crippen LogP contribution >= 0.6 is 0 Å². The van der Waals surface area contributed by atoms with Crippen molar-refractivity contribution in [3.8, 4) is 0 Å². The van der Waals surface area contributed by atoms with Gasteiger partial charge in [-0.15, -0.1) is 0 Å². The molecule has 1 aromatic carbocycles. The van der Waals surface area contributed by atoms with Gasteiger partial charge in [-0.2, -0.15) is 0 Å². The van der Waals surface area contributed by atoms with E-state index in [1.54, 1.807) is 12.1 Å². The van der Waals surface area contributed by atoms with Crippen LogP contribution in [-0.4, -0.2) is 25.4 Å². The molecule has 1 amide bonds. The zero-order valence-corrected chi connectivity index (χ0v) is 13.1. The maximum absolute atomic E-state index is 12.1. The number of aromatic nitrogens is 1. The van der Waals surface area contributed by atoms with Crippen LogP contribution in [-0.2, 0) is 21.4 Å². The van der Waals surface area contributed by atoms with Crippen molar-refractivity contribution < 1.29 is 13.2 Å². The summed E-state index contributed by atoms with van der Waals surface area (Å²) in [7, 11) is -3.52. The van der Waals surface area contributed by atoms with Gasteiger partial charge in [0, 0.05) is 38.1 Å². The number of sulfonamides is 1. The Kier molecular flexibility index (Phi) is 5.35. The molecule has 0 spiro atoms. The van der Waals surface area contributed by atoms with E-state index in [2.05, 4.69) is 10.0 Å². The Labute approximate surface area is 130 Å². The Balaban J connectivity index is 1.88. The summed E-state index contributed by atoms with van der Waals surface area (Å²) in [6.45, 7) is 2.53. The normalized spacial score (nSPS) is 11.3. The zero-order chi connectivity index (χ0) is 16.0. The molecule has 0 saturated heterocycles. The fourth-order valence-corrected chi connectivity index (χ4v) is 3.07. The molecule has 7 heteroatoms.